The van der Waals surface area contributed by atoms with Gasteiger partial charge in [-0.15, -0.1) is 0 Å². The third-order valence-electron chi connectivity index (χ3n) is 2.15. The Morgan fingerprint density at radius 1 is 1.29 bits per heavy atom. The van der Waals surface area contributed by atoms with Crippen molar-refractivity contribution in [3.63, 3.8) is 0 Å². The molecular weight excluding hydrogens is 241 g/mol. The Balaban J connectivity index is 2.29. The Morgan fingerprint density at radius 2 is 1.93 bits per heavy atom. The van der Waals surface area contributed by atoms with Gasteiger partial charge in [-0.2, -0.15) is 0 Å². The maximum atomic E-state index is 11.3. The van der Waals surface area contributed by atoms with Gasteiger partial charge in [-0.05, 0) is 0 Å². The minimum atomic E-state index is 0.0422. The number of aliphatic imine (C=N–C) groups is 1. The van der Waals surface area contributed by atoms with Crippen LogP contribution < -0.4 is 0 Å². The molecule has 2 nitrogen and oxygen atoms in total. The number of hydrogen-bond acceptors (Lipinski definition) is 1. The number of aryl methyl sites for hydroxylation is 1. The summed E-state index contributed by atoms with van der Waals surface area (Å²) in [6.07, 6.45) is 0. The van der Waals surface area contributed by atoms with E-state index in [0.717, 1.165) is 10.2 Å². The molecule has 0 spiro atoms. The molecule has 1 aromatic carbocycles. The fourth-order valence-corrected chi connectivity index (χ4v) is 3.16. The molecule has 0 N–H and O–H groups in total. The van der Waals surface area contributed by atoms with E-state index in [2.05, 4.69) is 24.0 Å². The van der Waals surface area contributed by atoms with Gasteiger partial charge in [0.05, 0.1) is 0 Å². The van der Waals surface area contributed by atoms with Crippen LogP contribution in [0, 0.1) is 6.92 Å². The van der Waals surface area contributed by atoms with Gasteiger partial charge >= 0.3 is 89.3 Å². The van der Waals surface area contributed by atoms with Crippen LogP contribution in [0.25, 0.3) is 0 Å². The molecule has 0 aliphatic carbocycles. The topological polar surface area (TPSA) is 29.4 Å². The predicted octanol–water partition coefficient (Wildman–Crippen LogP) is 1.79. The summed E-state index contributed by atoms with van der Waals surface area (Å²) in [5.41, 5.74) is 2.34. The predicted molar refractivity (Wildman–Crippen MR) is 57.9 cm³/mol. The zero-order chi connectivity index (χ0) is 10.1. The first-order chi connectivity index (χ1) is 6.66. The number of rotatable bonds is 1. The molecule has 2 rings (SSSR count). The van der Waals surface area contributed by atoms with Gasteiger partial charge in [0.25, 0.3) is 0 Å². The zero-order valence-electron chi connectivity index (χ0n) is 8.15. The van der Waals surface area contributed by atoms with Crippen molar-refractivity contribution < 1.29 is 4.79 Å². The number of carbonyl (C=O) groups is 1. The van der Waals surface area contributed by atoms with Crippen molar-refractivity contribution in [2.75, 3.05) is 0 Å². The second-order valence-corrected chi connectivity index (χ2v) is 6.17. The molecule has 1 aromatic rings. The second kappa shape index (κ2) is 3.68. The molecule has 3 heteroatoms. The van der Waals surface area contributed by atoms with Gasteiger partial charge in [0.1, 0.15) is 0 Å². The first-order valence-corrected chi connectivity index (χ1v) is 6.37. The Labute approximate surface area is 89.6 Å². The number of amides is 1. The van der Waals surface area contributed by atoms with E-state index >= 15 is 0 Å². The number of nitrogens with zero attached hydrogens (tertiary/aromatic N) is 1. The molecule has 0 radical (unpaired) electrons. The molecule has 1 aliphatic heterocycles. The quantitative estimate of drug-likeness (QED) is 0.701. The van der Waals surface area contributed by atoms with E-state index in [1.54, 1.807) is 0 Å². The monoisotopic (exact) mass is 253 g/mol. The Morgan fingerprint density at radius 3 is 2.43 bits per heavy atom. The summed E-state index contributed by atoms with van der Waals surface area (Å²) in [4.78, 5) is 15.5. The van der Waals surface area contributed by atoms with Crippen LogP contribution in [0.5, 0.6) is 0 Å². The van der Waals surface area contributed by atoms with E-state index in [1.807, 2.05) is 19.1 Å². The Kier molecular flexibility index (Phi) is 2.53. The van der Waals surface area contributed by atoms with Crippen LogP contribution in [-0.2, 0) is 4.79 Å². The fraction of sp³-hybridized carbons (Fsp3) is 0.273. The van der Waals surface area contributed by atoms with Crippen molar-refractivity contribution in [1.29, 1.82) is 0 Å². The molecule has 72 valence electrons. The summed E-state index contributed by atoms with van der Waals surface area (Å²) in [6, 6.07) is 8.20. The Hall–Kier alpha value is -0.921. The van der Waals surface area contributed by atoms with Crippen LogP contribution in [-0.4, -0.2) is 25.5 Å². The van der Waals surface area contributed by atoms with Crippen molar-refractivity contribution in [2.24, 2.45) is 4.99 Å². The van der Waals surface area contributed by atoms with Crippen molar-refractivity contribution in [2.45, 2.75) is 18.7 Å². The van der Waals surface area contributed by atoms with E-state index in [9.17, 15) is 4.79 Å². The molecule has 0 bridgehead atoms. The average Bonchev–Trinajstić information content (AvgIpc) is 2.48. The molecule has 1 heterocycles. The van der Waals surface area contributed by atoms with Crippen LogP contribution in [0.1, 0.15) is 18.1 Å². The summed E-state index contributed by atoms with van der Waals surface area (Å²) in [5, 5.41) is 0. The standard InChI is InChI=1S/C11H11NOSe/c1-7-3-5-9(6-4-7)11-12-10(13)8(2)14-11/h3-6,8H,1-2H3. The summed E-state index contributed by atoms with van der Waals surface area (Å²) in [7, 11) is 0. The second-order valence-electron chi connectivity index (χ2n) is 3.38. The molecule has 1 unspecified atom stereocenters. The zero-order valence-corrected chi connectivity index (χ0v) is 9.86. The van der Waals surface area contributed by atoms with E-state index < -0.39 is 0 Å². The van der Waals surface area contributed by atoms with Crippen molar-refractivity contribution in [3.05, 3.63) is 35.4 Å². The van der Waals surface area contributed by atoms with Gasteiger partial charge in [0.15, 0.2) is 0 Å². The molecule has 0 saturated heterocycles. The van der Waals surface area contributed by atoms with E-state index in [1.165, 1.54) is 5.56 Å². The molecular formula is C11H11NOSe. The molecule has 1 aliphatic rings. The average molecular weight is 252 g/mol. The normalized spacial score (nSPS) is 21.1. The SMILES string of the molecule is Cc1ccc(C2=NC(=O)C(C)[Se]2)cc1. The fourth-order valence-electron chi connectivity index (χ4n) is 1.26. The van der Waals surface area contributed by atoms with E-state index in [-0.39, 0.29) is 25.7 Å². The van der Waals surface area contributed by atoms with Crippen LogP contribution in [0.3, 0.4) is 0 Å². The number of carbonyl (C=O) groups excluding carboxylic acids is 1. The molecule has 1 amide bonds. The van der Waals surface area contributed by atoms with Gasteiger partial charge < -0.3 is 0 Å². The first-order valence-electron chi connectivity index (χ1n) is 4.53. The van der Waals surface area contributed by atoms with Crippen LogP contribution in [0.15, 0.2) is 29.3 Å². The third-order valence-corrected chi connectivity index (χ3v) is 4.47. The van der Waals surface area contributed by atoms with Crippen LogP contribution in [0.2, 0.25) is 4.82 Å². The summed E-state index contributed by atoms with van der Waals surface area (Å²) < 4.78 is 0.995. The maximum absolute atomic E-state index is 11.3. The summed E-state index contributed by atoms with van der Waals surface area (Å²) >= 11 is 0.215. The molecule has 0 saturated carbocycles. The van der Waals surface area contributed by atoms with E-state index in [0.29, 0.717) is 0 Å². The summed E-state index contributed by atoms with van der Waals surface area (Å²) in [6.45, 7) is 4.01. The number of hydrogen-bond donors (Lipinski definition) is 0. The van der Waals surface area contributed by atoms with Crippen molar-refractivity contribution in [3.8, 4) is 0 Å². The first kappa shape index (κ1) is 9.63. The third kappa shape index (κ3) is 1.79. The van der Waals surface area contributed by atoms with Gasteiger partial charge in [-0.3, -0.25) is 0 Å². The molecule has 0 aromatic heterocycles. The minimum absolute atomic E-state index is 0.0422. The van der Waals surface area contributed by atoms with Gasteiger partial charge in [-0.25, -0.2) is 0 Å². The van der Waals surface area contributed by atoms with Crippen LogP contribution in [0.4, 0.5) is 0 Å². The van der Waals surface area contributed by atoms with Crippen molar-refractivity contribution in [1.82, 2.24) is 0 Å². The number of benzene rings is 1. The molecule has 14 heavy (non-hydrogen) atoms. The Bertz CT molecular complexity index is 394. The summed E-state index contributed by atoms with van der Waals surface area (Å²) in [5.74, 6) is 0.0422. The molecule has 1 atom stereocenters. The molecule has 0 fully saturated rings. The van der Waals surface area contributed by atoms with Gasteiger partial charge in [0, 0.05) is 0 Å². The van der Waals surface area contributed by atoms with Gasteiger partial charge in [-0.1, -0.05) is 0 Å². The van der Waals surface area contributed by atoms with Crippen LogP contribution >= 0.6 is 0 Å². The van der Waals surface area contributed by atoms with E-state index in [4.69, 9.17) is 0 Å². The van der Waals surface area contributed by atoms with Crippen molar-refractivity contribution >= 4 is 25.5 Å². The van der Waals surface area contributed by atoms with Gasteiger partial charge in [0.2, 0.25) is 0 Å².